The van der Waals surface area contributed by atoms with E-state index in [4.69, 9.17) is 9.47 Å². The van der Waals surface area contributed by atoms with Crippen LogP contribution in [0.1, 0.15) is 23.2 Å². The molecule has 0 aromatic heterocycles. The second-order valence-corrected chi connectivity index (χ2v) is 7.29. The average Bonchev–Trinajstić information content (AvgIpc) is 3.14. The summed E-state index contributed by atoms with van der Waals surface area (Å²) in [7, 11) is -1.05. The van der Waals surface area contributed by atoms with Gasteiger partial charge in [-0.3, -0.25) is 9.00 Å². The molecule has 25 heavy (non-hydrogen) atoms. The van der Waals surface area contributed by atoms with Gasteiger partial charge in [0.15, 0.2) is 0 Å². The van der Waals surface area contributed by atoms with E-state index in [-0.39, 0.29) is 12.0 Å². The van der Waals surface area contributed by atoms with Gasteiger partial charge in [-0.15, -0.1) is 0 Å². The monoisotopic (exact) mass is 359 g/mol. The van der Waals surface area contributed by atoms with Gasteiger partial charge in [0.25, 0.3) is 5.91 Å². The van der Waals surface area contributed by atoms with Crippen molar-refractivity contribution in [3.63, 3.8) is 0 Å². The maximum Gasteiger partial charge on any atom is 0.255 e. The molecule has 5 nitrogen and oxygen atoms in total. The maximum absolute atomic E-state index is 12.3. The molecule has 2 aromatic rings. The van der Waals surface area contributed by atoms with Crippen molar-refractivity contribution in [1.29, 1.82) is 0 Å². The normalized spacial score (nSPS) is 17.9. The van der Waals surface area contributed by atoms with Crippen LogP contribution in [-0.2, 0) is 15.5 Å². The van der Waals surface area contributed by atoms with E-state index in [1.54, 1.807) is 36.6 Å². The van der Waals surface area contributed by atoms with Crippen LogP contribution < -0.4 is 10.1 Å². The van der Waals surface area contributed by atoms with E-state index in [0.717, 1.165) is 19.4 Å². The van der Waals surface area contributed by atoms with Crippen LogP contribution in [0.4, 0.5) is 5.69 Å². The van der Waals surface area contributed by atoms with Gasteiger partial charge in [-0.2, -0.15) is 0 Å². The van der Waals surface area contributed by atoms with Crippen molar-refractivity contribution in [2.24, 2.45) is 0 Å². The highest BCUT2D eigenvalue weighted by atomic mass is 32.2. The van der Waals surface area contributed by atoms with E-state index in [0.29, 0.717) is 28.5 Å². The summed E-state index contributed by atoms with van der Waals surface area (Å²) in [6.45, 7) is 1.32. The van der Waals surface area contributed by atoms with E-state index < -0.39 is 10.8 Å². The van der Waals surface area contributed by atoms with Crippen molar-refractivity contribution >= 4 is 22.4 Å². The molecule has 1 aliphatic rings. The van der Waals surface area contributed by atoms with E-state index in [1.165, 1.54) is 0 Å². The first-order chi connectivity index (χ1) is 12.1. The molecule has 6 heteroatoms. The number of carbonyl (C=O) groups excluding carboxylic acids is 1. The smallest absolute Gasteiger partial charge is 0.255 e. The van der Waals surface area contributed by atoms with E-state index >= 15 is 0 Å². The highest BCUT2D eigenvalue weighted by Gasteiger charge is 2.16. The van der Waals surface area contributed by atoms with Crippen LogP contribution >= 0.6 is 0 Å². The molecule has 1 saturated heterocycles. The Morgan fingerprint density at radius 1 is 1.28 bits per heavy atom. The van der Waals surface area contributed by atoms with E-state index in [2.05, 4.69) is 5.32 Å². The molecule has 0 bridgehead atoms. The Kier molecular flexibility index (Phi) is 5.83. The van der Waals surface area contributed by atoms with Crippen molar-refractivity contribution in [1.82, 2.24) is 0 Å². The zero-order valence-corrected chi connectivity index (χ0v) is 14.9. The minimum absolute atomic E-state index is 0.154. The standard InChI is InChI=1S/C19H21NO4S/c1-25(22)18-9-7-14(8-10-18)19(21)20-15-4-2-5-16(12-15)24-13-17-6-3-11-23-17/h2,4-5,7-10,12,17H,3,6,11,13H2,1H3,(H,20,21). The van der Waals surface area contributed by atoms with E-state index in [1.807, 2.05) is 18.2 Å². The molecular formula is C19H21NO4S. The minimum atomic E-state index is -1.05. The Labute approximate surface area is 149 Å². The number of nitrogens with one attached hydrogen (secondary N) is 1. The van der Waals surface area contributed by atoms with Gasteiger partial charge in [-0.05, 0) is 49.2 Å². The van der Waals surface area contributed by atoms with Crippen LogP contribution in [0.5, 0.6) is 5.75 Å². The Hall–Kier alpha value is -2.18. The maximum atomic E-state index is 12.3. The van der Waals surface area contributed by atoms with Crippen LogP contribution in [0.3, 0.4) is 0 Å². The fourth-order valence-corrected chi connectivity index (χ4v) is 3.15. The predicted molar refractivity (Wildman–Crippen MR) is 97.6 cm³/mol. The molecule has 0 saturated carbocycles. The Bertz CT molecular complexity index is 754. The third-order valence-corrected chi connectivity index (χ3v) is 4.94. The van der Waals surface area contributed by atoms with E-state index in [9.17, 15) is 9.00 Å². The number of amides is 1. The lowest BCUT2D eigenvalue weighted by molar-refractivity contribution is 0.0680. The van der Waals surface area contributed by atoms with Crippen LogP contribution in [0.15, 0.2) is 53.4 Å². The van der Waals surface area contributed by atoms with Crippen LogP contribution in [-0.4, -0.2) is 35.7 Å². The van der Waals surface area contributed by atoms with Crippen molar-refractivity contribution in [2.45, 2.75) is 23.8 Å². The highest BCUT2D eigenvalue weighted by Crippen LogP contribution is 2.20. The fraction of sp³-hybridized carbons (Fsp3) is 0.316. The minimum Gasteiger partial charge on any atom is -0.491 e. The molecule has 1 N–H and O–H groups in total. The molecule has 1 fully saturated rings. The summed E-state index contributed by atoms with van der Waals surface area (Å²) in [6, 6.07) is 14.0. The third kappa shape index (κ3) is 4.90. The molecule has 2 unspecified atom stereocenters. The number of anilines is 1. The lowest BCUT2D eigenvalue weighted by Gasteiger charge is -2.12. The van der Waals surface area contributed by atoms with Crippen molar-refractivity contribution < 1.29 is 18.5 Å². The number of rotatable bonds is 6. The number of hydrogen-bond donors (Lipinski definition) is 1. The summed E-state index contributed by atoms with van der Waals surface area (Å²) in [5.41, 5.74) is 1.18. The Balaban J connectivity index is 1.60. The average molecular weight is 359 g/mol. The molecule has 2 aromatic carbocycles. The lowest BCUT2D eigenvalue weighted by atomic mass is 10.2. The fourth-order valence-electron chi connectivity index (χ4n) is 2.63. The van der Waals surface area contributed by atoms with Crippen LogP contribution in [0.2, 0.25) is 0 Å². The predicted octanol–water partition coefficient (Wildman–Crippen LogP) is 3.23. The summed E-state index contributed by atoms with van der Waals surface area (Å²) in [6.07, 6.45) is 3.86. The first-order valence-electron chi connectivity index (χ1n) is 8.21. The van der Waals surface area contributed by atoms with Crippen LogP contribution in [0, 0.1) is 0 Å². The van der Waals surface area contributed by atoms with Gasteiger partial charge in [-0.25, -0.2) is 0 Å². The first-order valence-corrected chi connectivity index (χ1v) is 9.77. The number of benzene rings is 2. The zero-order chi connectivity index (χ0) is 17.6. The molecule has 1 heterocycles. The van der Waals surface area contributed by atoms with Crippen molar-refractivity contribution in [2.75, 3.05) is 24.8 Å². The second kappa shape index (κ2) is 8.27. The molecule has 1 amide bonds. The van der Waals surface area contributed by atoms with Crippen molar-refractivity contribution in [3.8, 4) is 5.75 Å². The van der Waals surface area contributed by atoms with Gasteiger partial charge >= 0.3 is 0 Å². The quantitative estimate of drug-likeness (QED) is 0.860. The Morgan fingerprint density at radius 3 is 2.76 bits per heavy atom. The van der Waals surface area contributed by atoms with Gasteiger partial charge < -0.3 is 14.8 Å². The van der Waals surface area contributed by atoms with Gasteiger partial charge in [-0.1, -0.05) is 6.07 Å². The van der Waals surface area contributed by atoms with Gasteiger partial charge in [0.2, 0.25) is 0 Å². The number of carbonyl (C=O) groups is 1. The summed E-state index contributed by atoms with van der Waals surface area (Å²) in [4.78, 5) is 13.0. The van der Waals surface area contributed by atoms with Gasteiger partial charge in [0, 0.05) is 45.9 Å². The largest absolute Gasteiger partial charge is 0.491 e. The molecule has 0 spiro atoms. The number of ether oxygens (including phenoxy) is 2. The molecule has 0 radical (unpaired) electrons. The molecule has 1 aliphatic heterocycles. The summed E-state index contributed by atoms with van der Waals surface area (Å²) in [5, 5.41) is 2.85. The van der Waals surface area contributed by atoms with Gasteiger partial charge in [0.1, 0.15) is 12.4 Å². The lowest BCUT2D eigenvalue weighted by Crippen LogP contribution is -2.16. The van der Waals surface area contributed by atoms with Crippen molar-refractivity contribution in [3.05, 3.63) is 54.1 Å². The molecular weight excluding hydrogens is 338 g/mol. The third-order valence-electron chi connectivity index (χ3n) is 4.00. The molecule has 3 rings (SSSR count). The molecule has 132 valence electrons. The summed E-state index contributed by atoms with van der Waals surface area (Å²) >= 11 is 0. The topological polar surface area (TPSA) is 64.6 Å². The zero-order valence-electron chi connectivity index (χ0n) is 14.1. The number of hydrogen-bond acceptors (Lipinski definition) is 4. The molecule has 2 atom stereocenters. The SMILES string of the molecule is CS(=O)c1ccc(C(=O)Nc2cccc(OCC3CCCO3)c2)cc1. The molecule has 0 aliphatic carbocycles. The second-order valence-electron chi connectivity index (χ2n) is 5.91. The first kappa shape index (κ1) is 17.6. The van der Waals surface area contributed by atoms with Gasteiger partial charge in [0.05, 0.1) is 6.10 Å². The summed E-state index contributed by atoms with van der Waals surface area (Å²) < 4.78 is 22.7. The Morgan fingerprint density at radius 2 is 2.08 bits per heavy atom. The van der Waals surface area contributed by atoms with Crippen LogP contribution in [0.25, 0.3) is 0 Å². The summed E-state index contributed by atoms with van der Waals surface area (Å²) in [5.74, 6) is 0.481. The highest BCUT2D eigenvalue weighted by molar-refractivity contribution is 7.84.